The van der Waals surface area contributed by atoms with E-state index < -0.39 is 14.3 Å². The molecule has 0 aliphatic rings. The van der Waals surface area contributed by atoms with Crippen molar-refractivity contribution in [3.63, 3.8) is 0 Å². The van der Waals surface area contributed by atoms with Crippen molar-refractivity contribution in [3.8, 4) is 5.75 Å². The number of allylic oxidation sites excluding steroid dienone is 1. The molecule has 3 aromatic rings. The highest BCUT2D eigenvalue weighted by molar-refractivity contribution is 6.75. The number of carboxylic acid groups (broad SMARTS) is 1. The van der Waals surface area contributed by atoms with E-state index in [1.807, 2.05) is 60.7 Å². The molecule has 0 atom stereocenters. The molecule has 0 aliphatic heterocycles. The Morgan fingerprint density at radius 1 is 1.21 bits per heavy atom. The van der Waals surface area contributed by atoms with Gasteiger partial charge in [0, 0.05) is 17.5 Å². The van der Waals surface area contributed by atoms with Crippen molar-refractivity contribution in [2.24, 2.45) is 5.92 Å². The number of hydrogen-bond donors (Lipinski definition) is 1. The van der Waals surface area contributed by atoms with E-state index in [-0.39, 0.29) is 10.6 Å². The summed E-state index contributed by atoms with van der Waals surface area (Å²) in [7, 11) is -2.32. The minimum Gasteiger partial charge on any atom is -0.541 e. The van der Waals surface area contributed by atoms with Gasteiger partial charge in [0.25, 0.3) is 8.32 Å². The molecule has 0 aliphatic carbocycles. The molecule has 0 saturated carbocycles. The molecule has 0 unspecified atom stereocenters. The van der Waals surface area contributed by atoms with Crippen molar-refractivity contribution in [2.45, 2.75) is 66.1 Å². The van der Waals surface area contributed by atoms with Crippen molar-refractivity contribution < 1.29 is 14.3 Å². The van der Waals surface area contributed by atoms with Crippen molar-refractivity contribution in [2.75, 3.05) is 0 Å². The lowest BCUT2D eigenvalue weighted by Gasteiger charge is -2.42. The molecule has 0 fully saturated rings. The van der Waals surface area contributed by atoms with Crippen LogP contribution in [-0.4, -0.2) is 28.8 Å². The molecule has 176 valence electrons. The summed E-state index contributed by atoms with van der Waals surface area (Å²) >= 11 is 0. The summed E-state index contributed by atoms with van der Waals surface area (Å²) < 4.78 is 8.76. The van der Waals surface area contributed by atoms with Crippen molar-refractivity contribution >= 4 is 26.0 Å². The van der Waals surface area contributed by atoms with Crippen LogP contribution in [0.1, 0.15) is 60.6 Å². The molecule has 1 aromatic carbocycles. The predicted molar refractivity (Wildman–Crippen MR) is 138 cm³/mol. The number of nitrogens with zero attached hydrogens (tertiary/aromatic N) is 2. The number of imidazole rings is 1. The minimum atomic E-state index is -2.32. The highest BCUT2D eigenvalue weighted by Gasteiger charge is 2.45. The van der Waals surface area contributed by atoms with Crippen LogP contribution in [0.2, 0.25) is 18.1 Å². The van der Waals surface area contributed by atoms with Gasteiger partial charge in [0.15, 0.2) is 11.4 Å². The van der Waals surface area contributed by atoms with Gasteiger partial charge in [0.2, 0.25) is 0 Å². The number of aryl methyl sites for hydroxylation is 2. The fourth-order valence-electron chi connectivity index (χ4n) is 3.86. The lowest BCUT2D eigenvalue weighted by atomic mass is 9.99. The lowest BCUT2D eigenvalue weighted by molar-refractivity contribution is 0.0695. The molecule has 33 heavy (non-hydrogen) atoms. The Bertz CT molecular complexity index is 1190. The number of rotatable bonds is 8. The molecule has 0 saturated heterocycles. The van der Waals surface area contributed by atoms with Gasteiger partial charge >= 0.3 is 5.97 Å². The molecule has 0 spiro atoms. The van der Waals surface area contributed by atoms with Gasteiger partial charge in [-0.3, -0.25) is 0 Å². The summed E-state index contributed by atoms with van der Waals surface area (Å²) in [6.07, 6.45) is 6.15. The van der Waals surface area contributed by atoms with Crippen LogP contribution < -0.4 is 4.43 Å². The second kappa shape index (κ2) is 9.18. The zero-order valence-electron chi connectivity index (χ0n) is 21.1. The van der Waals surface area contributed by atoms with Crippen LogP contribution >= 0.6 is 0 Å². The smallest absolute Gasteiger partial charge is 0.337 e. The van der Waals surface area contributed by atoms with E-state index in [0.29, 0.717) is 29.3 Å². The molecule has 0 bridgehead atoms. The monoisotopic (exact) mass is 464 g/mol. The summed E-state index contributed by atoms with van der Waals surface area (Å²) in [6.45, 7) is 17.3. The van der Waals surface area contributed by atoms with E-state index >= 15 is 0 Å². The first-order chi connectivity index (χ1) is 15.4. The molecule has 6 heteroatoms. The average Bonchev–Trinajstić information content (AvgIpc) is 3.03. The summed E-state index contributed by atoms with van der Waals surface area (Å²) in [5, 5.41) is 10.1. The molecule has 0 radical (unpaired) electrons. The summed E-state index contributed by atoms with van der Waals surface area (Å²) in [4.78, 5) is 17.1. The number of aromatic nitrogens is 2. The third-order valence-electron chi connectivity index (χ3n) is 7.46. The Morgan fingerprint density at radius 3 is 2.42 bits per heavy atom. The topological polar surface area (TPSA) is 63.8 Å². The van der Waals surface area contributed by atoms with E-state index in [9.17, 15) is 9.90 Å². The quantitative estimate of drug-likeness (QED) is 0.367. The fraction of sp³-hybridized carbons (Fsp3) is 0.407. The van der Waals surface area contributed by atoms with E-state index in [4.69, 9.17) is 9.41 Å². The first kappa shape index (κ1) is 24.8. The number of hydrogen-bond acceptors (Lipinski definition) is 3. The van der Waals surface area contributed by atoms with Crippen LogP contribution in [0, 0.1) is 19.8 Å². The lowest BCUT2D eigenvalue weighted by Crippen LogP contribution is -2.48. The molecule has 5 nitrogen and oxygen atoms in total. The number of carboxylic acids is 1. The SMILES string of the molecule is Cc1nc2c(O[Si](C)(C)C(C)(C)C(C)C)c(CC=Cc3ccccc3)c(C(=O)O)cn2c1C. The Labute approximate surface area is 198 Å². The third kappa shape index (κ3) is 4.76. The largest absolute Gasteiger partial charge is 0.541 e. The van der Waals surface area contributed by atoms with Crippen LogP contribution in [0.4, 0.5) is 0 Å². The van der Waals surface area contributed by atoms with Gasteiger partial charge < -0.3 is 13.9 Å². The first-order valence-electron chi connectivity index (χ1n) is 11.5. The Kier molecular flexibility index (Phi) is 6.89. The number of fused-ring (bicyclic) bond motifs is 1. The van der Waals surface area contributed by atoms with Gasteiger partial charge in [-0.05, 0) is 49.9 Å². The molecule has 3 rings (SSSR count). The Morgan fingerprint density at radius 2 is 1.85 bits per heavy atom. The zero-order chi connectivity index (χ0) is 24.6. The van der Waals surface area contributed by atoms with Crippen LogP contribution in [0.5, 0.6) is 5.75 Å². The van der Waals surface area contributed by atoms with Crippen LogP contribution in [-0.2, 0) is 6.42 Å². The van der Waals surface area contributed by atoms with E-state index in [1.165, 1.54) is 0 Å². The Balaban J connectivity index is 2.21. The molecule has 1 N–H and O–H groups in total. The molecular formula is C27H36N2O3Si. The zero-order valence-corrected chi connectivity index (χ0v) is 22.1. The third-order valence-corrected chi connectivity index (χ3v) is 11.9. The van der Waals surface area contributed by atoms with Crippen LogP contribution in [0.15, 0.2) is 42.6 Å². The molecule has 0 amide bonds. The van der Waals surface area contributed by atoms with Crippen molar-refractivity contribution in [1.82, 2.24) is 9.38 Å². The number of carbonyl (C=O) groups is 1. The minimum absolute atomic E-state index is 0.0307. The maximum atomic E-state index is 12.3. The summed E-state index contributed by atoms with van der Waals surface area (Å²) in [5.41, 5.74) is 4.48. The number of pyridine rings is 1. The van der Waals surface area contributed by atoms with Crippen molar-refractivity contribution in [3.05, 3.63) is 70.7 Å². The van der Waals surface area contributed by atoms with E-state index in [2.05, 4.69) is 40.8 Å². The Hall–Kier alpha value is -2.86. The summed E-state index contributed by atoms with van der Waals surface area (Å²) in [6, 6.07) is 10.0. The molecule has 2 heterocycles. The second-order valence-electron chi connectivity index (χ2n) is 10.1. The maximum absolute atomic E-state index is 12.3. The predicted octanol–water partition coefficient (Wildman–Crippen LogP) is 6.93. The van der Waals surface area contributed by atoms with Gasteiger partial charge in [-0.1, -0.05) is 70.2 Å². The highest BCUT2D eigenvalue weighted by atomic mass is 28.4. The van der Waals surface area contributed by atoms with Gasteiger partial charge in [-0.2, -0.15) is 0 Å². The number of aromatic carboxylic acids is 1. The van der Waals surface area contributed by atoms with Gasteiger partial charge in [-0.15, -0.1) is 0 Å². The fourth-order valence-corrected chi connectivity index (χ4v) is 6.24. The van der Waals surface area contributed by atoms with Crippen molar-refractivity contribution in [1.29, 1.82) is 0 Å². The summed E-state index contributed by atoms with van der Waals surface area (Å²) in [5.74, 6) is 0.0647. The van der Waals surface area contributed by atoms with E-state index in [1.54, 1.807) is 6.20 Å². The van der Waals surface area contributed by atoms with E-state index in [0.717, 1.165) is 17.0 Å². The maximum Gasteiger partial charge on any atom is 0.337 e. The molecular weight excluding hydrogens is 428 g/mol. The number of benzene rings is 1. The normalized spacial score (nSPS) is 12.8. The highest BCUT2D eigenvalue weighted by Crippen LogP contribution is 2.46. The first-order valence-corrected chi connectivity index (χ1v) is 14.4. The van der Waals surface area contributed by atoms with Gasteiger partial charge in [0.05, 0.1) is 11.3 Å². The van der Waals surface area contributed by atoms with Crippen LogP contribution in [0.25, 0.3) is 11.7 Å². The standard InChI is InChI=1S/C27H36N2O3Si/c1-18(2)27(5,6)33(7,8)32-24-22(16-12-15-21-13-10-9-11-14-21)23(26(30)31)17-29-20(4)19(3)28-25(24)29/h9-15,17-18H,16H2,1-8H3,(H,30,31). The second-order valence-corrected chi connectivity index (χ2v) is 14.7. The van der Waals surface area contributed by atoms with Gasteiger partial charge in [-0.25, -0.2) is 9.78 Å². The molecule has 2 aromatic heterocycles. The average molecular weight is 465 g/mol. The van der Waals surface area contributed by atoms with Crippen LogP contribution in [0.3, 0.4) is 0 Å². The van der Waals surface area contributed by atoms with Gasteiger partial charge in [0.1, 0.15) is 0 Å².